The van der Waals surface area contributed by atoms with Gasteiger partial charge in [-0.2, -0.15) is 11.3 Å². The van der Waals surface area contributed by atoms with Gasteiger partial charge in [0, 0.05) is 31.9 Å². The van der Waals surface area contributed by atoms with Gasteiger partial charge >= 0.3 is 0 Å². The van der Waals surface area contributed by atoms with Crippen molar-refractivity contribution >= 4 is 17.2 Å². The third kappa shape index (κ3) is 3.52. The highest BCUT2D eigenvalue weighted by Crippen LogP contribution is 2.20. The first-order chi connectivity index (χ1) is 9.22. The van der Waals surface area contributed by atoms with Gasteiger partial charge in [0.1, 0.15) is 0 Å². The molecule has 3 nitrogen and oxygen atoms in total. The van der Waals surface area contributed by atoms with E-state index in [-0.39, 0.29) is 5.82 Å². The van der Waals surface area contributed by atoms with Crippen molar-refractivity contribution in [3.8, 4) is 0 Å². The Balaban J connectivity index is 2.14. The van der Waals surface area contributed by atoms with E-state index in [1.807, 2.05) is 30.3 Å². The fourth-order valence-electron chi connectivity index (χ4n) is 1.86. The highest BCUT2D eigenvalue weighted by atomic mass is 32.1. The zero-order chi connectivity index (χ0) is 13.7. The molecule has 2 rings (SSSR count). The molecular weight excluding hydrogens is 261 g/mol. The summed E-state index contributed by atoms with van der Waals surface area (Å²) in [6.07, 6.45) is 1.66. The molecule has 0 aromatic carbocycles. The Morgan fingerprint density at radius 3 is 2.95 bits per heavy atom. The molecule has 19 heavy (non-hydrogen) atoms. The van der Waals surface area contributed by atoms with Gasteiger partial charge in [-0.3, -0.25) is 0 Å². The first-order valence-corrected chi connectivity index (χ1v) is 7.23. The Morgan fingerprint density at radius 2 is 2.26 bits per heavy atom. The Kier molecular flexibility index (Phi) is 4.87. The largest absolute Gasteiger partial charge is 0.353 e. The van der Waals surface area contributed by atoms with Crippen molar-refractivity contribution in [3.63, 3.8) is 0 Å². The maximum absolute atomic E-state index is 14.3. The van der Waals surface area contributed by atoms with E-state index < -0.39 is 0 Å². The summed E-state index contributed by atoms with van der Waals surface area (Å²) in [7, 11) is 1.86. The normalized spacial score (nSPS) is 10.7. The molecule has 0 unspecified atom stereocenters. The smallest absolute Gasteiger partial charge is 0.170 e. The monoisotopic (exact) mass is 279 g/mol. The van der Waals surface area contributed by atoms with Crippen LogP contribution in [0, 0.1) is 5.82 Å². The van der Waals surface area contributed by atoms with Crippen LogP contribution in [0.15, 0.2) is 29.1 Å². The van der Waals surface area contributed by atoms with Crippen molar-refractivity contribution < 1.29 is 4.39 Å². The summed E-state index contributed by atoms with van der Waals surface area (Å²) in [4.78, 5) is 5.99. The maximum atomic E-state index is 14.3. The molecule has 0 saturated heterocycles. The third-order valence-electron chi connectivity index (χ3n) is 2.88. The Hall–Kier alpha value is -1.46. The van der Waals surface area contributed by atoms with Crippen LogP contribution in [0.5, 0.6) is 0 Å². The number of rotatable bonds is 6. The number of thiophene rings is 1. The standard InChI is InChI=1S/C14H18FN3S/c1-3-16-8-12-4-6-17-14(13(12)15)18(2)9-11-5-7-19-10-11/h4-7,10,16H,3,8-9H2,1-2H3. The molecule has 0 aliphatic rings. The zero-order valence-electron chi connectivity index (χ0n) is 11.2. The van der Waals surface area contributed by atoms with Gasteiger partial charge in [0.05, 0.1) is 0 Å². The van der Waals surface area contributed by atoms with Crippen LogP contribution in [-0.2, 0) is 13.1 Å². The molecule has 2 heterocycles. The minimum absolute atomic E-state index is 0.235. The second-order valence-corrected chi connectivity index (χ2v) is 5.16. The van der Waals surface area contributed by atoms with Crippen LogP contribution in [0.4, 0.5) is 10.2 Å². The van der Waals surface area contributed by atoms with E-state index in [1.165, 1.54) is 5.56 Å². The van der Waals surface area contributed by atoms with Crippen molar-refractivity contribution in [1.29, 1.82) is 0 Å². The number of nitrogens with one attached hydrogen (secondary N) is 1. The average molecular weight is 279 g/mol. The van der Waals surface area contributed by atoms with Crippen molar-refractivity contribution in [2.24, 2.45) is 0 Å². The second kappa shape index (κ2) is 6.63. The van der Waals surface area contributed by atoms with Crippen molar-refractivity contribution in [2.75, 3.05) is 18.5 Å². The van der Waals surface area contributed by atoms with Crippen LogP contribution in [0.3, 0.4) is 0 Å². The van der Waals surface area contributed by atoms with E-state index in [2.05, 4.69) is 15.7 Å². The molecule has 0 saturated carbocycles. The quantitative estimate of drug-likeness (QED) is 0.881. The molecule has 0 aliphatic heterocycles. The van der Waals surface area contributed by atoms with Crippen LogP contribution >= 0.6 is 11.3 Å². The summed E-state index contributed by atoms with van der Waals surface area (Å²) >= 11 is 1.64. The summed E-state index contributed by atoms with van der Waals surface area (Å²) in [5.74, 6) is 0.169. The average Bonchev–Trinajstić information content (AvgIpc) is 2.90. The van der Waals surface area contributed by atoms with Gasteiger partial charge in [0.2, 0.25) is 0 Å². The highest BCUT2D eigenvalue weighted by molar-refractivity contribution is 7.07. The molecule has 5 heteroatoms. The number of hydrogen-bond acceptors (Lipinski definition) is 4. The molecule has 0 amide bonds. The lowest BCUT2D eigenvalue weighted by Crippen LogP contribution is -2.20. The molecule has 0 atom stereocenters. The van der Waals surface area contributed by atoms with Gasteiger partial charge in [0.15, 0.2) is 11.6 Å². The molecule has 1 N–H and O–H groups in total. The lowest BCUT2D eigenvalue weighted by molar-refractivity contribution is 0.583. The fourth-order valence-corrected chi connectivity index (χ4v) is 2.52. The highest BCUT2D eigenvalue weighted by Gasteiger charge is 2.13. The van der Waals surface area contributed by atoms with Crippen molar-refractivity contribution in [2.45, 2.75) is 20.0 Å². The van der Waals surface area contributed by atoms with Crippen molar-refractivity contribution in [1.82, 2.24) is 10.3 Å². The molecule has 2 aromatic rings. The first-order valence-electron chi connectivity index (χ1n) is 6.28. The summed E-state index contributed by atoms with van der Waals surface area (Å²) < 4.78 is 14.3. The van der Waals surface area contributed by atoms with Gasteiger partial charge < -0.3 is 10.2 Å². The van der Waals surface area contributed by atoms with E-state index in [9.17, 15) is 4.39 Å². The predicted octanol–water partition coefficient (Wildman–Crippen LogP) is 3.03. The minimum atomic E-state index is -0.235. The van der Waals surface area contributed by atoms with E-state index in [4.69, 9.17) is 0 Å². The van der Waals surface area contributed by atoms with Crippen LogP contribution < -0.4 is 10.2 Å². The van der Waals surface area contributed by atoms with Gasteiger partial charge in [0.25, 0.3) is 0 Å². The number of pyridine rings is 1. The number of aromatic nitrogens is 1. The zero-order valence-corrected chi connectivity index (χ0v) is 12.0. The molecule has 0 fully saturated rings. The Morgan fingerprint density at radius 1 is 1.42 bits per heavy atom. The van der Waals surface area contributed by atoms with Crippen LogP contribution in [-0.4, -0.2) is 18.6 Å². The Labute approximate surface area is 117 Å². The molecule has 0 spiro atoms. The predicted molar refractivity (Wildman–Crippen MR) is 78.0 cm³/mol. The molecule has 0 aliphatic carbocycles. The van der Waals surface area contributed by atoms with Crippen LogP contribution in [0.1, 0.15) is 18.1 Å². The second-order valence-electron chi connectivity index (χ2n) is 4.38. The van der Waals surface area contributed by atoms with Crippen LogP contribution in [0.2, 0.25) is 0 Å². The maximum Gasteiger partial charge on any atom is 0.170 e. The number of hydrogen-bond donors (Lipinski definition) is 1. The van der Waals surface area contributed by atoms with Gasteiger partial charge in [-0.05, 0) is 35.0 Å². The Bertz CT molecular complexity index is 513. The van der Waals surface area contributed by atoms with Crippen LogP contribution in [0.25, 0.3) is 0 Å². The van der Waals surface area contributed by atoms with E-state index in [1.54, 1.807) is 23.6 Å². The summed E-state index contributed by atoms with van der Waals surface area (Å²) in [5.41, 5.74) is 1.83. The van der Waals surface area contributed by atoms with Gasteiger partial charge in [-0.25, -0.2) is 9.37 Å². The topological polar surface area (TPSA) is 28.2 Å². The summed E-state index contributed by atoms with van der Waals surface area (Å²) in [6.45, 7) is 4.02. The number of halogens is 1. The number of nitrogens with zero attached hydrogens (tertiary/aromatic N) is 2. The minimum Gasteiger partial charge on any atom is -0.353 e. The molecule has 0 radical (unpaired) electrons. The lowest BCUT2D eigenvalue weighted by atomic mass is 10.2. The summed E-state index contributed by atoms with van der Waals surface area (Å²) in [5, 5.41) is 7.22. The van der Waals surface area contributed by atoms with Gasteiger partial charge in [-0.15, -0.1) is 0 Å². The number of anilines is 1. The van der Waals surface area contributed by atoms with E-state index >= 15 is 0 Å². The van der Waals surface area contributed by atoms with E-state index in [0.717, 1.165) is 6.54 Å². The molecule has 2 aromatic heterocycles. The SMILES string of the molecule is CCNCc1ccnc(N(C)Cc2ccsc2)c1F. The molecular formula is C14H18FN3S. The lowest BCUT2D eigenvalue weighted by Gasteiger charge is -2.19. The molecule has 0 bridgehead atoms. The van der Waals surface area contributed by atoms with E-state index in [0.29, 0.717) is 24.5 Å². The van der Waals surface area contributed by atoms with Crippen molar-refractivity contribution in [3.05, 3.63) is 46.0 Å². The third-order valence-corrected chi connectivity index (χ3v) is 3.61. The summed E-state index contributed by atoms with van der Waals surface area (Å²) in [6, 6.07) is 3.77. The van der Waals surface area contributed by atoms with Gasteiger partial charge in [-0.1, -0.05) is 6.92 Å². The first kappa shape index (κ1) is 14.0. The molecule has 102 valence electrons. The fraction of sp³-hybridized carbons (Fsp3) is 0.357.